The average Bonchev–Trinajstić information content (AvgIpc) is 3.70. The monoisotopic (exact) mass is 631 g/mol. The van der Waals surface area contributed by atoms with Gasteiger partial charge in [0.15, 0.2) is 0 Å². The number of anilines is 1. The highest BCUT2D eigenvalue weighted by molar-refractivity contribution is 6.31. The summed E-state index contributed by atoms with van der Waals surface area (Å²) in [5.41, 5.74) is 3.93. The molecule has 5 amide bonds. The fourth-order valence-corrected chi connectivity index (χ4v) is 8.28. The molecule has 2 aromatic carbocycles. The van der Waals surface area contributed by atoms with Crippen LogP contribution in [0.2, 0.25) is 5.02 Å². The highest BCUT2D eigenvalue weighted by Crippen LogP contribution is 2.46. The third-order valence-electron chi connectivity index (χ3n) is 10.6. The number of fused-ring (bicyclic) bond motifs is 3. The van der Waals surface area contributed by atoms with Crippen molar-refractivity contribution in [2.45, 2.75) is 81.8 Å². The molecule has 1 spiro atoms. The van der Waals surface area contributed by atoms with Gasteiger partial charge in [-0.15, -0.1) is 0 Å². The number of aryl methyl sites for hydroxylation is 1. The lowest BCUT2D eigenvalue weighted by Crippen LogP contribution is -2.52. The predicted octanol–water partition coefficient (Wildman–Crippen LogP) is 3.40. The number of rotatable bonds is 7. The molecule has 5 heterocycles. The Morgan fingerprint density at radius 2 is 1.80 bits per heavy atom. The molecule has 2 N–H and O–H groups in total. The number of nitrogens with one attached hydrogen (secondary N) is 2. The van der Waals surface area contributed by atoms with Gasteiger partial charge in [-0.1, -0.05) is 29.8 Å². The summed E-state index contributed by atoms with van der Waals surface area (Å²) in [5, 5.41) is 5.96. The number of amides is 5. The van der Waals surface area contributed by atoms with Gasteiger partial charge in [0.05, 0.1) is 11.5 Å². The van der Waals surface area contributed by atoms with Gasteiger partial charge in [0.2, 0.25) is 23.6 Å². The molecule has 0 aliphatic carbocycles. The number of hydrogen-bond donors (Lipinski definition) is 2. The number of carbonyl (C=O) groups excluding carboxylic acids is 5. The maximum absolute atomic E-state index is 13.7. The summed E-state index contributed by atoms with van der Waals surface area (Å²) >= 11 is 6.15. The molecule has 3 fully saturated rings. The topological polar surface area (TPSA) is 119 Å². The number of likely N-dealkylation sites (tertiary alicyclic amines) is 2. The van der Waals surface area contributed by atoms with Gasteiger partial charge in [-0.25, -0.2) is 0 Å². The minimum absolute atomic E-state index is 0.00599. The van der Waals surface area contributed by atoms with Gasteiger partial charge >= 0.3 is 0 Å². The Hall–Kier alpha value is -3.76. The number of halogens is 1. The Kier molecular flexibility index (Phi) is 7.90. The number of piperidine rings is 2. The minimum atomic E-state index is -0.615. The van der Waals surface area contributed by atoms with Crippen LogP contribution in [0.5, 0.6) is 0 Å². The molecule has 2 unspecified atom stereocenters. The molecule has 2 aromatic rings. The van der Waals surface area contributed by atoms with Gasteiger partial charge in [-0.05, 0) is 99.3 Å². The molecule has 0 aromatic heterocycles. The van der Waals surface area contributed by atoms with E-state index in [2.05, 4.69) is 21.6 Å². The van der Waals surface area contributed by atoms with Crippen LogP contribution in [-0.4, -0.2) is 82.5 Å². The molecule has 5 aliphatic rings. The van der Waals surface area contributed by atoms with E-state index < -0.39 is 17.4 Å². The fourth-order valence-electron chi connectivity index (χ4n) is 8.11. The Morgan fingerprint density at radius 1 is 0.978 bits per heavy atom. The molecule has 236 valence electrons. The second kappa shape index (κ2) is 11.9. The van der Waals surface area contributed by atoms with E-state index in [9.17, 15) is 24.0 Å². The zero-order chi connectivity index (χ0) is 31.3. The van der Waals surface area contributed by atoms with Crippen LogP contribution >= 0.6 is 11.6 Å². The van der Waals surface area contributed by atoms with Crippen LogP contribution in [0.3, 0.4) is 0 Å². The molecule has 2 atom stereocenters. The highest BCUT2D eigenvalue weighted by Gasteiger charge is 2.49. The summed E-state index contributed by atoms with van der Waals surface area (Å²) in [6, 6.07) is 10.6. The second-order valence-electron chi connectivity index (χ2n) is 13.0. The summed E-state index contributed by atoms with van der Waals surface area (Å²) in [6.45, 7) is 3.25. The van der Waals surface area contributed by atoms with Crippen molar-refractivity contribution in [3.63, 3.8) is 0 Å². The van der Waals surface area contributed by atoms with Crippen molar-refractivity contribution in [3.8, 4) is 0 Å². The van der Waals surface area contributed by atoms with Crippen LogP contribution in [0, 0.1) is 0 Å². The Bertz CT molecular complexity index is 1580. The van der Waals surface area contributed by atoms with Gasteiger partial charge in [0.25, 0.3) is 5.91 Å². The van der Waals surface area contributed by atoms with Crippen molar-refractivity contribution in [3.05, 3.63) is 63.7 Å². The molecule has 11 heteroatoms. The minimum Gasteiger partial charge on any atom is -0.341 e. The first kappa shape index (κ1) is 29.9. The molecular formula is C34H38ClN5O5. The number of nitrogens with zero attached hydrogens (tertiary/aromatic N) is 3. The molecule has 0 saturated carbocycles. The third-order valence-corrected chi connectivity index (χ3v) is 10.8. The molecule has 0 bridgehead atoms. The van der Waals surface area contributed by atoms with E-state index in [1.54, 1.807) is 11.0 Å². The van der Waals surface area contributed by atoms with Gasteiger partial charge in [0.1, 0.15) is 6.04 Å². The van der Waals surface area contributed by atoms with E-state index in [4.69, 9.17) is 11.6 Å². The molecule has 0 radical (unpaired) electrons. The first-order chi connectivity index (χ1) is 21.7. The van der Waals surface area contributed by atoms with Crippen LogP contribution in [0.25, 0.3) is 0 Å². The van der Waals surface area contributed by atoms with Gasteiger partial charge in [-0.2, -0.15) is 0 Å². The van der Waals surface area contributed by atoms with E-state index in [-0.39, 0.29) is 36.1 Å². The van der Waals surface area contributed by atoms with Crippen molar-refractivity contribution in [2.75, 3.05) is 31.5 Å². The van der Waals surface area contributed by atoms with E-state index in [0.717, 1.165) is 67.6 Å². The number of carbonyl (C=O) groups is 5. The normalized spacial score (nSPS) is 24.2. The molecular weight excluding hydrogens is 594 g/mol. The van der Waals surface area contributed by atoms with Crippen molar-refractivity contribution in [2.24, 2.45) is 0 Å². The molecule has 3 saturated heterocycles. The standard InChI is InChI=1S/C34H38ClN5O5/c35-22-9-10-25-26(19-22)36-33(45)34(25)13-17-39(18-14-34)32(44)28-8-4-16-38(28)15-2-1-5-21-6-3-7-23-24(21)20-40(31(23)43)27-11-12-29(41)37-30(27)42/h3,6-7,9-10,19,27-28H,1-2,4-5,8,11-18,20H2,(H,36,45)(H,37,41,42). The summed E-state index contributed by atoms with van der Waals surface area (Å²) in [5.74, 6) is -0.655. The molecule has 10 nitrogen and oxygen atoms in total. The SMILES string of the molecule is O=C1CCC(N2Cc3c(CCCCN4CCCC4C(=O)N4CCC5(CC4)C(=O)Nc4cc(Cl)ccc45)cccc3C2=O)C(=O)N1. The maximum atomic E-state index is 13.7. The van der Waals surface area contributed by atoms with E-state index >= 15 is 0 Å². The lowest BCUT2D eigenvalue weighted by Gasteiger charge is -2.40. The molecule has 5 aliphatic heterocycles. The Balaban J connectivity index is 0.922. The number of hydrogen-bond acceptors (Lipinski definition) is 6. The van der Waals surface area contributed by atoms with Crippen molar-refractivity contribution >= 4 is 46.8 Å². The summed E-state index contributed by atoms with van der Waals surface area (Å²) in [7, 11) is 0. The smallest absolute Gasteiger partial charge is 0.255 e. The quantitative estimate of drug-likeness (QED) is 0.357. The molecule has 45 heavy (non-hydrogen) atoms. The Morgan fingerprint density at radius 3 is 2.60 bits per heavy atom. The van der Waals surface area contributed by atoms with Crippen LogP contribution in [0.15, 0.2) is 36.4 Å². The fraction of sp³-hybridized carbons (Fsp3) is 0.500. The van der Waals surface area contributed by atoms with Crippen LogP contribution < -0.4 is 10.6 Å². The van der Waals surface area contributed by atoms with Crippen molar-refractivity contribution in [1.29, 1.82) is 0 Å². The lowest BCUT2D eigenvalue weighted by atomic mass is 9.73. The van der Waals surface area contributed by atoms with Gasteiger partial charge in [0, 0.05) is 42.3 Å². The Labute approximate surface area is 267 Å². The number of unbranched alkanes of at least 4 members (excludes halogenated alkanes) is 1. The van der Waals surface area contributed by atoms with E-state index in [0.29, 0.717) is 49.5 Å². The lowest BCUT2D eigenvalue weighted by molar-refractivity contribution is -0.139. The van der Waals surface area contributed by atoms with Crippen LogP contribution in [0.4, 0.5) is 5.69 Å². The van der Waals surface area contributed by atoms with E-state index in [1.165, 1.54) is 0 Å². The summed E-state index contributed by atoms with van der Waals surface area (Å²) in [6.07, 6.45) is 6.33. The molecule has 7 rings (SSSR count). The first-order valence-electron chi connectivity index (χ1n) is 16.1. The number of benzene rings is 2. The zero-order valence-corrected chi connectivity index (χ0v) is 26.0. The predicted molar refractivity (Wildman–Crippen MR) is 168 cm³/mol. The summed E-state index contributed by atoms with van der Waals surface area (Å²) in [4.78, 5) is 69.8. The average molecular weight is 632 g/mol. The third kappa shape index (κ3) is 5.31. The van der Waals surface area contributed by atoms with Gasteiger partial charge in [-0.3, -0.25) is 34.2 Å². The zero-order valence-electron chi connectivity index (χ0n) is 25.3. The van der Waals surface area contributed by atoms with Crippen LogP contribution in [-0.2, 0) is 37.6 Å². The highest BCUT2D eigenvalue weighted by atomic mass is 35.5. The summed E-state index contributed by atoms with van der Waals surface area (Å²) < 4.78 is 0. The number of imide groups is 1. The van der Waals surface area contributed by atoms with Gasteiger partial charge < -0.3 is 15.1 Å². The first-order valence-corrected chi connectivity index (χ1v) is 16.5. The second-order valence-corrected chi connectivity index (χ2v) is 13.5. The van der Waals surface area contributed by atoms with E-state index in [1.807, 2.05) is 29.2 Å². The van der Waals surface area contributed by atoms with Crippen LogP contribution in [0.1, 0.15) is 78.4 Å². The van der Waals surface area contributed by atoms with Crippen molar-refractivity contribution < 1.29 is 24.0 Å². The van der Waals surface area contributed by atoms with Crippen molar-refractivity contribution in [1.82, 2.24) is 20.0 Å². The largest absolute Gasteiger partial charge is 0.341 e. The maximum Gasteiger partial charge on any atom is 0.255 e.